The minimum atomic E-state index is -4.28. The number of hydrogen-bond donors (Lipinski definition) is 1. The van der Waals surface area contributed by atoms with Gasteiger partial charge in [0.1, 0.15) is 25.8 Å². The van der Waals surface area contributed by atoms with Gasteiger partial charge in [-0.15, -0.1) is 0 Å². The van der Waals surface area contributed by atoms with E-state index in [0.717, 1.165) is 42.0 Å². The lowest BCUT2D eigenvalue weighted by Crippen LogP contribution is -2.55. The monoisotopic (exact) mass is 735 g/mol. The smallest absolute Gasteiger partial charge is 0.264 e. The molecular formula is C38H39Cl2N3O6S. The Bertz CT molecular complexity index is 1910. The van der Waals surface area contributed by atoms with Crippen molar-refractivity contribution in [2.75, 3.05) is 24.1 Å². The molecule has 1 atom stereocenters. The van der Waals surface area contributed by atoms with E-state index in [1.807, 2.05) is 30.3 Å². The van der Waals surface area contributed by atoms with Gasteiger partial charge in [-0.25, -0.2) is 8.42 Å². The summed E-state index contributed by atoms with van der Waals surface area (Å²) in [7, 11) is -4.28. The number of fused-ring (bicyclic) bond motifs is 1. The van der Waals surface area contributed by atoms with Gasteiger partial charge in [0.2, 0.25) is 11.8 Å². The highest BCUT2D eigenvalue weighted by Crippen LogP contribution is 2.36. The van der Waals surface area contributed by atoms with Gasteiger partial charge >= 0.3 is 0 Å². The Labute approximate surface area is 303 Å². The van der Waals surface area contributed by atoms with Crippen molar-refractivity contribution in [1.29, 1.82) is 0 Å². The second-order valence-electron chi connectivity index (χ2n) is 12.5. The predicted octanol–water partition coefficient (Wildman–Crippen LogP) is 7.05. The number of sulfonamides is 1. The fourth-order valence-corrected chi connectivity index (χ4v) is 8.26. The summed E-state index contributed by atoms with van der Waals surface area (Å²) in [6.07, 6.45) is 5.05. The van der Waals surface area contributed by atoms with Crippen LogP contribution in [0.3, 0.4) is 0 Å². The maximum atomic E-state index is 14.8. The summed E-state index contributed by atoms with van der Waals surface area (Å²) < 4.78 is 41.2. The Morgan fingerprint density at radius 2 is 1.50 bits per heavy atom. The highest BCUT2D eigenvalue weighted by atomic mass is 35.5. The average Bonchev–Trinajstić information content (AvgIpc) is 3.13. The third-order valence-electron chi connectivity index (χ3n) is 9.00. The van der Waals surface area contributed by atoms with E-state index >= 15 is 0 Å². The van der Waals surface area contributed by atoms with Crippen LogP contribution in [-0.4, -0.2) is 57.0 Å². The first-order valence-corrected chi connectivity index (χ1v) is 18.9. The molecule has 6 rings (SSSR count). The van der Waals surface area contributed by atoms with Gasteiger partial charge in [-0.2, -0.15) is 0 Å². The number of benzene rings is 4. The number of carbonyl (C=O) groups is 2. The molecule has 12 heteroatoms. The zero-order chi connectivity index (χ0) is 35.1. The molecule has 0 unspecified atom stereocenters. The highest BCUT2D eigenvalue weighted by Gasteiger charge is 2.36. The zero-order valence-corrected chi connectivity index (χ0v) is 29.8. The van der Waals surface area contributed by atoms with Gasteiger partial charge in [-0.1, -0.05) is 97.1 Å². The first kappa shape index (κ1) is 35.6. The number of halogens is 2. The minimum Gasteiger partial charge on any atom is -0.486 e. The molecule has 2 aliphatic rings. The molecule has 9 nitrogen and oxygen atoms in total. The molecule has 1 fully saturated rings. The lowest BCUT2D eigenvalue weighted by molar-refractivity contribution is -0.140. The molecule has 50 heavy (non-hydrogen) atoms. The molecule has 4 aromatic carbocycles. The van der Waals surface area contributed by atoms with Crippen molar-refractivity contribution >= 4 is 50.7 Å². The molecule has 4 aromatic rings. The number of carbonyl (C=O) groups excluding carboxylic acids is 2. The molecule has 1 aliphatic carbocycles. The number of ether oxygens (including phenoxy) is 2. The summed E-state index contributed by atoms with van der Waals surface area (Å²) >= 11 is 12.9. The second kappa shape index (κ2) is 16.2. The fourth-order valence-electron chi connectivity index (χ4n) is 6.37. The van der Waals surface area contributed by atoms with E-state index in [1.54, 1.807) is 54.6 Å². The first-order valence-electron chi connectivity index (χ1n) is 16.7. The van der Waals surface area contributed by atoms with E-state index in [1.165, 1.54) is 17.0 Å². The molecule has 0 bridgehead atoms. The van der Waals surface area contributed by atoms with Crippen molar-refractivity contribution in [3.8, 4) is 11.5 Å². The maximum Gasteiger partial charge on any atom is 0.264 e. The maximum absolute atomic E-state index is 14.8. The van der Waals surface area contributed by atoms with Crippen molar-refractivity contribution in [2.45, 2.75) is 62.0 Å². The van der Waals surface area contributed by atoms with Crippen molar-refractivity contribution in [3.63, 3.8) is 0 Å². The van der Waals surface area contributed by atoms with Gasteiger partial charge in [-0.3, -0.25) is 13.9 Å². The van der Waals surface area contributed by atoms with Crippen LogP contribution in [-0.2, 0) is 32.6 Å². The molecule has 262 valence electrons. The van der Waals surface area contributed by atoms with Gasteiger partial charge < -0.3 is 19.7 Å². The van der Waals surface area contributed by atoms with E-state index in [4.69, 9.17) is 32.7 Å². The number of rotatable bonds is 12. The van der Waals surface area contributed by atoms with Crippen LogP contribution in [0.1, 0.15) is 43.2 Å². The summed E-state index contributed by atoms with van der Waals surface area (Å²) in [6, 6.07) is 26.1. The summed E-state index contributed by atoms with van der Waals surface area (Å²) in [5, 5.41) is 3.95. The number of nitrogens with zero attached hydrogens (tertiary/aromatic N) is 2. The fraction of sp³-hybridized carbons (Fsp3) is 0.316. The topological polar surface area (TPSA) is 105 Å². The molecule has 0 radical (unpaired) electrons. The Kier molecular flexibility index (Phi) is 11.5. The zero-order valence-electron chi connectivity index (χ0n) is 27.5. The van der Waals surface area contributed by atoms with Crippen LogP contribution in [0.2, 0.25) is 10.0 Å². The largest absolute Gasteiger partial charge is 0.486 e. The molecule has 0 saturated heterocycles. The molecule has 1 saturated carbocycles. The van der Waals surface area contributed by atoms with E-state index in [2.05, 4.69) is 5.32 Å². The Morgan fingerprint density at radius 3 is 2.20 bits per heavy atom. The summed E-state index contributed by atoms with van der Waals surface area (Å²) in [4.78, 5) is 30.6. The molecule has 1 aliphatic heterocycles. The van der Waals surface area contributed by atoms with E-state index in [-0.39, 0.29) is 35.5 Å². The lowest BCUT2D eigenvalue weighted by atomic mass is 9.94. The Hall–Kier alpha value is -4.25. The van der Waals surface area contributed by atoms with Gasteiger partial charge in [-0.05, 0) is 60.4 Å². The number of nitrogens with one attached hydrogen (secondary N) is 1. The van der Waals surface area contributed by atoms with Crippen LogP contribution in [0.4, 0.5) is 5.69 Å². The summed E-state index contributed by atoms with van der Waals surface area (Å²) in [5.41, 5.74) is 1.61. The van der Waals surface area contributed by atoms with Crippen LogP contribution < -0.4 is 19.1 Å². The van der Waals surface area contributed by atoms with Gasteiger partial charge in [0, 0.05) is 35.1 Å². The molecule has 2 amide bonds. The van der Waals surface area contributed by atoms with Gasteiger partial charge in [0.05, 0.1) is 10.6 Å². The minimum absolute atomic E-state index is 0.00543. The predicted molar refractivity (Wildman–Crippen MR) is 194 cm³/mol. The van der Waals surface area contributed by atoms with Crippen LogP contribution in [0.5, 0.6) is 11.5 Å². The van der Waals surface area contributed by atoms with E-state index in [9.17, 15) is 18.0 Å². The molecular weight excluding hydrogens is 697 g/mol. The summed E-state index contributed by atoms with van der Waals surface area (Å²) in [6.45, 7) is -0.00656. The van der Waals surface area contributed by atoms with Crippen molar-refractivity contribution in [3.05, 3.63) is 118 Å². The third-order valence-corrected chi connectivity index (χ3v) is 11.4. The van der Waals surface area contributed by atoms with E-state index < -0.39 is 28.5 Å². The Morgan fingerprint density at radius 1 is 0.820 bits per heavy atom. The normalized spacial score (nSPS) is 15.2. The lowest BCUT2D eigenvalue weighted by Gasteiger charge is -2.35. The van der Waals surface area contributed by atoms with E-state index in [0.29, 0.717) is 40.3 Å². The first-order chi connectivity index (χ1) is 24.2. The van der Waals surface area contributed by atoms with Crippen molar-refractivity contribution in [2.24, 2.45) is 0 Å². The second-order valence-corrected chi connectivity index (χ2v) is 15.2. The number of anilines is 1. The van der Waals surface area contributed by atoms with Gasteiger partial charge in [0.15, 0.2) is 11.5 Å². The van der Waals surface area contributed by atoms with Crippen LogP contribution in [0.25, 0.3) is 0 Å². The number of amides is 2. The van der Waals surface area contributed by atoms with Crippen LogP contribution >= 0.6 is 23.2 Å². The third kappa shape index (κ3) is 8.54. The van der Waals surface area contributed by atoms with Crippen LogP contribution in [0, 0.1) is 0 Å². The molecule has 1 N–H and O–H groups in total. The molecule has 0 spiro atoms. The quantitative estimate of drug-likeness (QED) is 0.167. The van der Waals surface area contributed by atoms with Crippen LogP contribution in [0.15, 0.2) is 102 Å². The number of hydrogen-bond acceptors (Lipinski definition) is 6. The molecule has 0 aromatic heterocycles. The standard InChI is InChI=1S/C38H39Cl2N3O6S/c39-29-17-16-28(33(40)23-29)25-42(34(22-27-10-4-1-5-11-27)38(45)41-30-12-6-2-7-13-30)37(44)26-43(50(46,47)32-14-8-3-9-15-32)31-18-19-35-36(24-31)49-21-20-48-35/h1,3-5,8-11,14-19,23-24,30,34H,2,6-7,12-13,20-22,25-26H2,(H,41,45)/t34-/m0/s1. The van der Waals surface area contributed by atoms with Gasteiger partial charge in [0.25, 0.3) is 10.0 Å². The SMILES string of the molecule is O=C(NC1CCCCC1)[C@H](Cc1ccccc1)N(Cc1ccc(Cl)cc1Cl)C(=O)CN(c1ccc2c(c1)OCCO2)S(=O)(=O)c1ccccc1. The Balaban J connectivity index is 1.42. The van der Waals surface area contributed by atoms with Crippen molar-refractivity contribution < 1.29 is 27.5 Å². The summed E-state index contributed by atoms with van der Waals surface area (Å²) in [5.74, 6) is -0.0566. The van der Waals surface area contributed by atoms with Crippen molar-refractivity contribution in [1.82, 2.24) is 10.2 Å². The average molecular weight is 737 g/mol. The highest BCUT2D eigenvalue weighted by molar-refractivity contribution is 7.92. The molecule has 1 heterocycles.